The largest absolute Gasteiger partial charge is 0.333 e. The molecule has 22 heavy (non-hydrogen) atoms. The van der Waals surface area contributed by atoms with Crippen molar-refractivity contribution in [2.75, 3.05) is 39.8 Å². The summed E-state index contributed by atoms with van der Waals surface area (Å²) < 4.78 is 0. The summed E-state index contributed by atoms with van der Waals surface area (Å²) in [7, 11) is 2.33. The Kier molecular flexibility index (Phi) is 5.25. The van der Waals surface area contributed by atoms with E-state index in [1.807, 2.05) is 0 Å². The summed E-state index contributed by atoms with van der Waals surface area (Å²) in [5, 5.41) is 0. The third-order valence-corrected chi connectivity index (χ3v) is 4.94. The van der Waals surface area contributed by atoms with Crippen molar-refractivity contribution in [3.05, 3.63) is 71.8 Å². The van der Waals surface area contributed by atoms with E-state index in [2.05, 4.69) is 67.7 Å². The monoisotopic (exact) mass is 296 g/mol. The maximum Gasteiger partial charge on any atom is 0.127 e. The molecule has 2 nitrogen and oxygen atoms in total. The molecule has 2 N–H and O–H groups in total. The van der Waals surface area contributed by atoms with Crippen LogP contribution in [0.5, 0.6) is 0 Å². The first-order valence-corrected chi connectivity index (χ1v) is 8.57. The van der Waals surface area contributed by atoms with E-state index in [0.717, 1.165) is 0 Å². The number of quaternary nitrogens is 2. The van der Waals surface area contributed by atoms with Gasteiger partial charge in [-0.3, -0.25) is 0 Å². The van der Waals surface area contributed by atoms with Crippen molar-refractivity contribution < 1.29 is 9.80 Å². The van der Waals surface area contributed by atoms with E-state index in [9.17, 15) is 0 Å². The predicted octanol–water partition coefficient (Wildman–Crippen LogP) is 0.622. The highest BCUT2D eigenvalue weighted by molar-refractivity contribution is 5.32. The summed E-state index contributed by atoms with van der Waals surface area (Å²) in [5.74, 6) is 0.510. The topological polar surface area (TPSA) is 8.88 Å². The summed E-state index contributed by atoms with van der Waals surface area (Å²) in [6, 6.07) is 22.0. The molecule has 0 aromatic heterocycles. The van der Waals surface area contributed by atoms with Gasteiger partial charge < -0.3 is 9.80 Å². The lowest BCUT2D eigenvalue weighted by molar-refractivity contribution is -0.930. The molecule has 2 aromatic rings. The van der Waals surface area contributed by atoms with Crippen LogP contribution in [0, 0.1) is 0 Å². The minimum absolute atomic E-state index is 0.510. The molecule has 3 rings (SSSR count). The zero-order valence-electron chi connectivity index (χ0n) is 13.6. The molecular weight excluding hydrogens is 268 g/mol. The van der Waals surface area contributed by atoms with Gasteiger partial charge in [0.25, 0.3) is 0 Å². The van der Waals surface area contributed by atoms with Gasteiger partial charge in [0.05, 0.1) is 32.6 Å². The van der Waals surface area contributed by atoms with Crippen LogP contribution in [-0.4, -0.2) is 39.8 Å². The molecule has 2 aromatic carbocycles. The van der Waals surface area contributed by atoms with E-state index < -0.39 is 0 Å². The van der Waals surface area contributed by atoms with E-state index in [0.29, 0.717) is 5.92 Å². The van der Waals surface area contributed by atoms with Crippen LogP contribution in [0.15, 0.2) is 60.7 Å². The lowest BCUT2D eigenvalue weighted by Crippen LogP contribution is -3.16. The van der Waals surface area contributed by atoms with Crippen LogP contribution in [0.25, 0.3) is 0 Å². The minimum atomic E-state index is 0.510. The van der Waals surface area contributed by atoms with Crippen LogP contribution in [-0.2, 0) is 0 Å². The molecule has 0 spiro atoms. The molecule has 2 atom stereocenters. The van der Waals surface area contributed by atoms with E-state index >= 15 is 0 Å². The van der Waals surface area contributed by atoms with Crippen molar-refractivity contribution in [1.82, 2.24) is 0 Å². The Morgan fingerprint density at radius 2 is 1.36 bits per heavy atom. The Morgan fingerprint density at radius 1 is 0.773 bits per heavy atom. The molecule has 0 aliphatic carbocycles. The lowest BCUT2D eigenvalue weighted by Gasteiger charge is -2.24. The highest BCUT2D eigenvalue weighted by Gasteiger charge is 2.23. The van der Waals surface area contributed by atoms with Gasteiger partial charge in [-0.1, -0.05) is 60.7 Å². The van der Waals surface area contributed by atoms with E-state index in [1.165, 1.54) is 50.3 Å². The maximum atomic E-state index is 2.33. The third-order valence-electron chi connectivity index (χ3n) is 4.94. The van der Waals surface area contributed by atoms with Crippen molar-refractivity contribution >= 4 is 0 Å². The summed E-state index contributed by atoms with van der Waals surface area (Å²) >= 11 is 0. The molecule has 1 fully saturated rings. The second kappa shape index (κ2) is 7.57. The molecule has 2 unspecified atom stereocenters. The average Bonchev–Trinajstić information content (AvgIpc) is 2.78. The fraction of sp³-hybridized carbons (Fsp3) is 0.400. The number of likely N-dealkylation sites (N-methyl/N-ethyl adjacent to an activating group) is 1. The van der Waals surface area contributed by atoms with Gasteiger partial charge in [-0.2, -0.15) is 0 Å². The Bertz CT molecular complexity index is 513. The molecule has 0 radical (unpaired) electrons. The molecule has 0 bridgehead atoms. The third kappa shape index (κ3) is 3.96. The molecule has 116 valence electrons. The quantitative estimate of drug-likeness (QED) is 0.819. The van der Waals surface area contributed by atoms with Crippen molar-refractivity contribution in [3.63, 3.8) is 0 Å². The van der Waals surface area contributed by atoms with Gasteiger partial charge >= 0.3 is 0 Å². The van der Waals surface area contributed by atoms with Crippen molar-refractivity contribution in [1.29, 1.82) is 0 Å². The Hall–Kier alpha value is -1.64. The maximum absolute atomic E-state index is 2.33. The van der Waals surface area contributed by atoms with E-state index in [4.69, 9.17) is 0 Å². The van der Waals surface area contributed by atoms with Gasteiger partial charge in [-0.15, -0.1) is 0 Å². The van der Waals surface area contributed by atoms with E-state index in [1.54, 1.807) is 9.80 Å². The number of hydrogen-bond donors (Lipinski definition) is 2. The lowest BCUT2D eigenvalue weighted by atomic mass is 9.91. The van der Waals surface area contributed by atoms with Gasteiger partial charge in [0.2, 0.25) is 0 Å². The molecular formula is C20H28N2+2. The van der Waals surface area contributed by atoms with Crippen molar-refractivity contribution in [3.8, 4) is 0 Å². The summed E-state index contributed by atoms with van der Waals surface area (Å²) in [4.78, 5) is 3.44. The second-order valence-electron chi connectivity index (χ2n) is 6.64. The Balaban J connectivity index is 1.80. The molecule has 2 heteroatoms. The molecule has 0 saturated carbocycles. The fourth-order valence-electron chi connectivity index (χ4n) is 3.57. The number of benzene rings is 2. The van der Waals surface area contributed by atoms with Crippen LogP contribution in [0.3, 0.4) is 0 Å². The van der Waals surface area contributed by atoms with Crippen molar-refractivity contribution in [2.24, 2.45) is 0 Å². The first kappa shape index (κ1) is 15.3. The molecule has 1 aliphatic heterocycles. The Labute approximate surface area is 134 Å². The normalized spacial score (nSPS) is 22.5. The summed E-state index contributed by atoms with van der Waals surface area (Å²) in [6.45, 7) is 6.44. The van der Waals surface area contributed by atoms with Crippen LogP contribution in [0.2, 0.25) is 0 Å². The highest BCUT2D eigenvalue weighted by Crippen LogP contribution is 2.22. The zero-order valence-corrected chi connectivity index (χ0v) is 13.6. The first-order chi connectivity index (χ1) is 10.8. The van der Waals surface area contributed by atoms with Crippen LogP contribution >= 0.6 is 0 Å². The molecule has 1 saturated heterocycles. The van der Waals surface area contributed by atoms with Crippen LogP contribution < -0.4 is 9.80 Å². The van der Waals surface area contributed by atoms with Gasteiger partial charge in [0.1, 0.15) is 13.1 Å². The molecule has 1 heterocycles. The Morgan fingerprint density at radius 3 is 1.95 bits per heavy atom. The summed E-state index contributed by atoms with van der Waals surface area (Å²) in [6.07, 6.45) is 1.34. The average molecular weight is 296 g/mol. The highest BCUT2D eigenvalue weighted by atomic mass is 15.2. The number of nitrogens with one attached hydrogen (secondary N) is 2. The predicted molar refractivity (Wildman–Crippen MR) is 91.5 cm³/mol. The number of hydrogen-bond acceptors (Lipinski definition) is 0. The van der Waals surface area contributed by atoms with Gasteiger partial charge in [-0.05, 0) is 11.1 Å². The van der Waals surface area contributed by atoms with Gasteiger partial charge in [0, 0.05) is 6.42 Å². The fourth-order valence-corrected chi connectivity index (χ4v) is 3.57. The van der Waals surface area contributed by atoms with Gasteiger partial charge in [-0.25, -0.2) is 0 Å². The van der Waals surface area contributed by atoms with Crippen molar-refractivity contribution in [2.45, 2.75) is 12.3 Å². The van der Waals surface area contributed by atoms with Crippen LogP contribution in [0.4, 0.5) is 0 Å². The van der Waals surface area contributed by atoms with Gasteiger partial charge in [0.15, 0.2) is 0 Å². The minimum Gasteiger partial charge on any atom is -0.333 e. The standard InChI is InChI=1S/C20H26N2/c1-21-13-8-14-22(16-15-21)17-20(18-9-4-2-5-10-18)19-11-6-3-7-12-19/h2-7,9-12,20H,8,13-17H2,1H3/p+2. The smallest absolute Gasteiger partial charge is 0.127 e. The zero-order chi connectivity index (χ0) is 15.2. The molecule has 0 amide bonds. The van der Waals surface area contributed by atoms with E-state index in [-0.39, 0.29) is 0 Å². The SMILES string of the molecule is C[NH+]1CCC[NH+](CC(c2ccccc2)c2ccccc2)CC1. The molecule has 1 aliphatic rings. The first-order valence-electron chi connectivity index (χ1n) is 8.57. The number of rotatable bonds is 4. The van der Waals surface area contributed by atoms with Crippen LogP contribution in [0.1, 0.15) is 23.5 Å². The summed E-state index contributed by atoms with van der Waals surface area (Å²) in [5.41, 5.74) is 2.90. The second-order valence-corrected chi connectivity index (χ2v) is 6.64.